The number of benzene rings is 1. The summed E-state index contributed by atoms with van der Waals surface area (Å²) in [5, 5.41) is 0.550. The number of amides is 1. The molecule has 0 spiro atoms. The van der Waals surface area contributed by atoms with E-state index in [0.717, 1.165) is 16.0 Å². The summed E-state index contributed by atoms with van der Waals surface area (Å²) in [6.07, 6.45) is -4.05. The van der Waals surface area contributed by atoms with Crippen LogP contribution in [0.5, 0.6) is 0 Å². The molecule has 0 aromatic heterocycles. The zero-order valence-electron chi connectivity index (χ0n) is 9.43. The zero-order chi connectivity index (χ0) is 13.3. The fraction of sp³-hybridized carbons (Fsp3) is 0.417. The van der Waals surface area contributed by atoms with Crippen molar-refractivity contribution < 1.29 is 18.0 Å². The monoisotopic (exact) mass is 277 g/mol. The third kappa shape index (κ3) is 2.61. The smallest absolute Gasteiger partial charge is 0.334 e. The first-order valence-electron chi connectivity index (χ1n) is 5.52. The van der Waals surface area contributed by atoms with Crippen molar-refractivity contribution in [2.24, 2.45) is 0 Å². The van der Waals surface area contributed by atoms with Gasteiger partial charge in [-0.1, -0.05) is 23.7 Å². The van der Waals surface area contributed by atoms with Gasteiger partial charge in [0.1, 0.15) is 0 Å². The van der Waals surface area contributed by atoms with E-state index in [0.29, 0.717) is 17.9 Å². The molecule has 0 atom stereocenters. The number of hydrogen-bond donors (Lipinski definition) is 0. The van der Waals surface area contributed by atoms with Gasteiger partial charge in [-0.2, -0.15) is 13.2 Å². The zero-order valence-corrected chi connectivity index (χ0v) is 10.2. The molecule has 18 heavy (non-hydrogen) atoms. The fourth-order valence-electron chi connectivity index (χ4n) is 2.11. The lowest BCUT2D eigenvalue weighted by molar-refractivity contribution is -0.185. The van der Waals surface area contributed by atoms with Gasteiger partial charge in [0.25, 0.3) is 0 Å². The first kappa shape index (κ1) is 13.2. The maximum absolute atomic E-state index is 12.4. The predicted molar refractivity (Wildman–Crippen MR) is 61.5 cm³/mol. The van der Waals surface area contributed by atoms with Gasteiger partial charge in [-0.25, -0.2) is 0 Å². The van der Waals surface area contributed by atoms with Crippen molar-refractivity contribution in [3.05, 3.63) is 34.3 Å². The van der Waals surface area contributed by atoms with E-state index in [-0.39, 0.29) is 13.1 Å². The quantitative estimate of drug-likeness (QED) is 0.714. The van der Waals surface area contributed by atoms with Crippen LogP contribution < -0.4 is 0 Å². The van der Waals surface area contributed by atoms with E-state index in [1.165, 1.54) is 0 Å². The summed E-state index contributed by atoms with van der Waals surface area (Å²) >= 11 is 6.01. The number of hydrogen-bond acceptors (Lipinski definition) is 1. The lowest BCUT2D eigenvalue weighted by atomic mass is 10.0. The van der Waals surface area contributed by atoms with Gasteiger partial charge < -0.3 is 4.90 Å². The molecule has 0 bridgehead atoms. The summed E-state index contributed by atoms with van der Waals surface area (Å²) in [7, 11) is 0. The van der Waals surface area contributed by atoms with E-state index < -0.39 is 12.1 Å². The number of halogens is 4. The molecular weight excluding hydrogens is 267 g/mol. The highest BCUT2D eigenvalue weighted by molar-refractivity contribution is 6.31. The van der Waals surface area contributed by atoms with Gasteiger partial charge in [0, 0.05) is 18.1 Å². The molecule has 0 N–H and O–H groups in total. The van der Waals surface area contributed by atoms with Gasteiger partial charge in [0.2, 0.25) is 0 Å². The fourth-order valence-corrected chi connectivity index (χ4v) is 2.40. The van der Waals surface area contributed by atoms with Gasteiger partial charge in [-0.05, 0) is 30.0 Å². The third-order valence-electron chi connectivity index (χ3n) is 3.03. The molecule has 2 rings (SSSR count). The van der Waals surface area contributed by atoms with Crippen molar-refractivity contribution in [2.75, 3.05) is 13.1 Å². The maximum Gasteiger partial charge on any atom is 0.471 e. The average molecular weight is 278 g/mol. The molecule has 1 amide bonds. The highest BCUT2D eigenvalue weighted by atomic mass is 35.5. The molecule has 1 heterocycles. The molecular formula is C12H11ClF3NO. The van der Waals surface area contributed by atoms with E-state index in [2.05, 4.69) is 0 Å². The van der Waals surface area contributed by atoms with Crippen molar-refractivity contribution in [3.8, 4) is 0 Å². The molecule has 1 aromatic rings. The number of carbonyl (C=O) groups excluding carboxylic acids is 1. The van der Waals surface area contributed by atoms with Crippen LogP contribution in [0, 0.1) is 0 Å². The first-order valence-corrected chi connectivity index (χ1v) is 5.90. The minimum atomic E-state index is -4.81. The molecule has 0 saturated carbocycles. The maximum atomic E-state index is 12.4. The number of rotatable bonds is 0. The van der Waals surface area contributed by atoms with E-state index in [1.54, 1.807) is 12.1 Å². The van der Waals surface area contributed by atoms with Crippen molar-refractivity contribution in [1.29, 1.82) is 0 Å². The second-order valence-corrected chi connectivity index (χ2v) is 4.57. The molecule has 98 valence electrons. The SMILES string of the molecule is O=C(N1CCc2cccc(Cl)c2CC1)C(F)(F)F. The summed E-state index contributed by atoms with van der Waals surface area (Å²) in [6.45, 7) is 0.126. The normalized spacial score (nSPS) is 16.1. The molecule has 1 aliphatic heterocycles. The second kappa shape index (κ2) is 4.80. The topological polar surface area (TPSA) is 20.3 Å². The van der Waals surface area contributed by atoms with Gasteiger partial charge in [0.05, 0.1) is 0 Å². The van der Waals surface area contributed by atoms with E-state index in [1.807, 2.05) is 6.07 Å². The van der Waals surface area contributed by atoms with Gasteiger partial charge in [-0.3, -0.25) is 4.79 Å². The summed E-state index contributed by atoms with van der Waals surface area (Å²) < 4.78 is 37.1. The Bertz CT molecular complexity index is 473. The van der Waals surface area contributed by atoms with Crippen LogP contribution in [0.25, 0.3) is 0 Å². The number of nitrogens with zero attached hydrogens (tertiary/aromatic N) is 1. The van der Waals surface area contributed by atoms with Crippen LogP contribution in [0.4, 0.5) is 13.2 Å². The Labute approximate surface area is 107 Å². The molecule has 1 aromatic carbocycles. The lowest BCUT2D eigenvalue weighted by Crippen LogP contribution is -2.42. The average Bonchev–Trinajstić information content (AvgIpc) is 2.50. The molecule has 0 aliphatic carbocycles. The number of alkyl halides is 3. The Morgan fingerprint density at radius 2 is 1.89 bits per heavy atom. The van der Waals surface area contributed by atoms with Crippen LogP contribution >= 0.6 is 11.6 Å². The van der Waals surface area contributed by atoms with Crippen LogP contribution in [0.15, 0.2) is 18.2 Å². The molecule has 1 aliphatic rings. The minimum Gasteiger partial charge on any atom is -0.334 e. The van der Waals surface area contributed by atoms with Gasteiger partial charge >= 0.3 is 12.1 Å². The van der Waals surface area contributed by atoms with Crippen molar-refractivity contribution >= 4 is 17.5 Å². The Morgan fingerprint density at radius 3 is 2.56 bits per heavy atom. The van der Waals surface area contributed by atoms with Gasteiger partial charge in [-0.15, -0.1) is 0 Å². The van der Waals surface area contributed by atoms with Crippen molar-refractivity contribution in [2.45, 2.75) is 19.0 Å². The molecule has 6 heteroatoms. The van der Waals surface area contributed by atoms with Crippen LogP contribution in [0.1, 0.15) is 11.1 Å². The van der Waals surface area contributed by atoms with Crippen LogP contribution in [-0.4, -0.2) is 30.1 Å². The summed E-state index contributed by atoms with van der Waals surface area (Å²) in [5.74, 6) is -1.77. The van der Waals surface area contributed by atoms with E-state index in [9.17, 15) is 18.0 Å². The standard InChI is InChI=1S/C12H11ClF3NO/c13-10-3-1-2-8-4-6-17(7-5-9(8)10)11(18)12(14,15)16/h1-3H,4-7H2. The molecule has 0 unspecified atom stereocenters. The molecule has 0 saturated heterocycles. The summed E-state index contributed by atoms with van der Waals surface area (Å²) in [6, 6.07) is 5.31. The molecule has 2 nitrogen and oxygen atoms in total. The second-order valence-electron chi connectivity index (χ2n) is 4.17. The largest absolute Gasteiger partial charge is 0.471 e. The first-order chi connectivity index (χ1) is 8.39. The molecule has 0 radical (unpaired) electrons. The highest BCUT2D eigenvalue weighted by Crippen LogP contribution is 2.26. The van der Waals surface area contributed by atoms with E-state index in [4.69, 9.17) is 11.6 Å². The summed E-state index contributed by atoms with van der Waals surface area (Å²) in [4.78, 5) is 12.0. The Kier molecular flexibility index (Phi) is 3.52. The van der Waals surface area contributed by atoms with Crippen molar-refractivity contribution in [1.82, 2.24) is 4.90 Å². The number of carbonyl (C=O) groups is 1. The van der Waals surface area contributed by atoms with Crippen molar-refractivity contribution in [3.63, 3.8) is 0 Å². The Balaban J connectivity index is 2.18. The van der Waals surface area contributed by atoms with Crippen LogP contribution in [-0.2, 0) is 17.6 Å². The van der Waals surface area contributed by atoms with Crippen LogP contribution in [0.2, 0.25) is 5.02 Å². The predicted octanol–water partition coefficient (Wildman–Crippen LogP) is 2.83. The third-order valence-corrected chi connectivity index (χ3v) is 3.38. The molecule has 0 fully saturated rings. The Morgan fingerprint density at radius 1 is 1.22 bits per heavy atom. The minimum absolute atomic E-state index is 0.0507. The van der Waals surface area contributed by atoms with Crippen LogP contribution in [0.3, 0.4) is 0 Å². The van der Waals surface area contributed by atoms with Gasteiger partial charge in [0.15, 0.2) is 0 Å². The Hall–Kier alpha value is -1.23. The lowest BCUT2D eigenvalue weighted by Gasteiger charge is -2.21. The van der Waals surface area contributed by atoms with E-state index >= 15 is 0 Å². The number of fused-ring (bicyclic) bond motifs is 1. The summed E-state index contributed by atoms with van der Waals surface area (Å²) in [5.41, 5.74) is 1.76. The highest BCUT2D eigenvalue weighted by Gasteiger charge is 2.42.